The van der Waals surface area contributed by atoms with Crippen molar-refractivity contribution in [1.82, 2.24) is 9.55 Å². The van der Waals surface area contributed by atoms with Crippen molar-refractivity contribution in [3.8, 4) is 0 Å². The van der Waals surface area contributed by atoms with Gasteiger partial charge in [0.1, 0.15) is 5.82 Å². The molecule has 0 bridgehead atoms. The summed E-state index contributed by atoms with van der Waals surface area (Å²) < 4.78 is 15.4. The van der Waals surface area contributed by atoms with E-state index in [4.69, 9.17) is 10.8 Å². The lowest BCUT2D eigenvalue weighted by atomic mass is 10.2. The van der Waals surface area contributed by atoms with Gasteiger partial charge in [0.15, 0.2) is 5.16 Å². The van der Waals surface area contributed by atoms with Crippen molar-refractivity contribution in [3.63, 3.8) is 0 Å². The van der Waals surface area contributed by atoms with E-state index in [1.165, 1.54) is 6.07 Å². The fraction of sp³-hybridized carbons (Fsp3) is 0.0909. The number of carboxylic acids is 1. The highest BCUT2D eigenvalue weighted by molar-refractivity contribution is 7.99. The number of nitrogen functional groups attached to an aromatic ring is 1. The summed E-state index contributed by atoms with van der Waals surface area (Å²) in [5.41, 5.74) is 5.23. The molecule has 0 amide bonds. The molecule has 3 N–H and O–H groups in total. The number of hydrogen-bond acceptors (Lipinski definition) is 4. The van der Waals surface area contributed by atoms with Gasteiger partial charge >= 0.3 is 5.97 Å². The molecule has 7 heteroatoms. The Morgan fingerprint density at radius 2 is 2.28 bits per heavy atom. The van der Waals surface area contributed by atoms with E-state index in [1.807, 2.05) is 0 Å². The first-order valence-electron chi connectivity index (χ1n) is 4.96. The molecule has 0 fully saturated rings. The van der Waals surface area contributed by atoms with Gasteiger partial charge in [0, 0.05) is 25.1 Å². The molecule has 18 heavy (non-hydrogen) atoms. The Morgan fingerprint density at radius 1 is 1.56 bits per heavy atom. The van der Waals surface area contributed by atoms with Gasteiger partial charge < -0.3 is 15.4 Å². The second kappa shape index (κ2) is 4.69. The Hall–Kier alpha value is -2.02. The monoisotopic (exact) mass is 267 g/mol. The molecule has 1 aromatic heterocycles. The number of carbonyl (C=O) groups is 1. The van der Waals surface area contributed by atoms with Gasteiger partial charge in [-0.05, 0) is 23.9 Å². The molecule has 0 saturated carbocycles. The number of imidazole rings is 1. The van der Waals surface area contributed by atoms with Crippen molar-refractivity contribution in [3.05, 3.63) is 35.9 Å². The van der Waals surface area contributed by atoms with Crippen LogP contribution in [0.2, 0.25) is 0 Å². The van der Waals surface area contributed by atoms with E-state index in [2.05, 4.69) is 4.98 Å². The second-order valence-corrected chi connectivity index (χ2v) is 4.61. The van der Waals surface area contributed by atoms with E-state index in [-0.39, 0.29) is 16.1 Å². The van der Waals surface area contributed by atoms with Gasteiger partial charge in [0.05, 0.1) is 10.5 Å². The van der Waals surface area contributed by atoms with Gasteiger partial charge in [-0.15, -0.1) is 0 Å². The molecule has 0 unspecified atom stereocenters. The van der Waals surface area contributed by atoms with Crippen molar-refractivity contribution < 1.29 is 14.3 Å². The Balaban J connectivity index is 2.42. The summed E-state index contributed by atoms with van der Waals surface area (Å²) in [7, 11) is 1.77. The Labute approximate surface area is 106 Å². The molecule has 1 aromatic carbocycles. The van der Waals surface area contributed by atoms with Crippen LogP contribution in [0.25, 0.3) is 0 Å². The molecule has 0 saturated heterocycles. The average Bonchev–Trinajstić information content (AvgIpc) is 2.67. The van der Waals surface area contributed by atoms with Crippen LogP contribution in [-0.4, -0.2) is 20.6 Å². The van der Waals surface area contributed by atoms with Crippen LogP contribution in [0.15, 0.2) is 34.6 Å². The maximum absolute atomic E-state index is 13.7. The summed E-state index contributed by atoms with van der Waals surface area (Å²) in [6, 6.07) is 2.22. The van der Waals surface area contributed by atoms with Gasteiger partial charge in [-0.2, -0.15) is 0 Å². The summed E-state index contributed by atoms with van der Waals surface area (Å²) in [5.74, 6) is -1.75. The number of benzene rings is 1. The molecule has 0 aliphatic heterocycles. The summed E-state index contributed by atoms with van der Waals surface area (Å²) in [5, 5.41) is 9.49. The number of nitrogens with zero attached hydrogens (tertiary/aromatic N) is 2. The van der Waals surface area contributed by atoms with Crippen LogP contribution in [-0.2, 0) is 7.05 Å². The number of aromatic carboxylic acids is 1. The van der Waals surface area contributed by atoms with Crippen LogP contribution < -0.4 is 5.73 Å². The second-order valence-electron chi connectivity index (χ2n) is 3.60. The first-order chi connectivity index (χ1) is 8.49. The van der Waals surface area contributed by atoms with Crippen LogP contribution in [0.4, 0.5) is 10.1 Å². The van der Waals surface area contributed by atoms with Crippen molar-refractivity contribution in [1.29, 1.82) is 0 Å². The molecule has 94 valence electrons. The van der Waals surface area contributed by atoms with Crippen LogP contribution in [0.3, 0.4) is 0 Å². The molecule has 1 heterocycles. The highest BCUT2D eigenvalue weighted by atomic mass is 32.2. The van der Waals surface area contributed by atoms with E-state index in [0.717, 1.165) is 17.8 Å². The summed E-state index contributed by atoms with van der Waals surface area (Å²) in [6.07, 6.45) is 3.30. The number of rotatable bonds is 3. The standard InChI is InChI=1S/C11H10FN3O2S/c1-15-3-2-14-11(15)18-9-4-6(10(16)17)8(13)5-7(9)12/h2-5H,13H2,1H3,(H,16,17). The van der Waals surface area contributed by atoms with Gasteiger partial charge in [-0.3, -0.25) is 0 Å². The third kappa shape index (κ3) is 2.30. The smallest absolute Gasteiger partial charge is 0.337 e. The molecular weight excluding hydrogens is 257 g/mol. The molecule has 5 nitrogen and oxygen atoms in total. The molecule has 0 aliphatic rings. The highest BCUT2D eigenvalue weighted by Gasteiger charge is 2.15. The largest absolute Gasteiger partial charge is 0.478 e. The van der Waals surface area contributed by atoms with Gasteiger partial charge in [0.2, 0.25) is 0 Å². The number of halogens is 1. The van der Waals surface area contributed by atoms with Gasteiger partial charge in [0.25, 0.3) is 0 Å². The summed E-state index contributed by atoms with van der Waals surface area (Å²) >= 11 is 1.05. The third-order valence-electron chi connectivity index (χ3n) is 2.31. The zero-order valence-corrected chi connectivity index (χ0v) is 10.2. The Bertz CT molecular complexity index is 612. The van der Waals surface area contributed by atoms with Crippen LogP contribution >= 0.6 is 11.8 Å². The molecule has 0 atom stereocenters. The van der Waals surface area contributed by atoms with E-state index in [1.54, 1.807) is 24.0 Å². The highest BCUT2D eigenvalue weighted by Crippen LogP contribution is 2.31. The van der Waals surface area contributed by atoms with Gasteiger partial charge in [-0.25, -0.2) is 14.2 Å². The molecular formula is C11H10FN3O2S. The van der Waals surface area contributed by atoms with Gasteiger partial charge in [-0.1, -0.05) is 0 Å². The van der Waals surface area contributed by atoms with Crippen molar-refractivity contribution in [2.75, 3.05) is 5.73 Å². The molecule has 0 aliphatic carbocycles. The maximum atomic E-state index is 13.7. The van der Waals surface area contributed by atoms with Crippen LogP contribution in [0.1, 0.15) is 10.4 Å². The average molecular weight is 267 g/mol. The molecule has 2 aromatic rings. The van der Waals surface area contributed by atoms with E-state index in [9.17, 15) is 9.18 Å². The lowest BCUT2D eigenvalue weighted by molar-refractivity contribution is 0.0697. The minimum Gasteiger partial charge on any atom is -0.478 e. The topological polar surface area (TPSA) is 81.1 Å². The van der Waals surface area contributed by atoms with Crippen LogP contribution in [0, 0.1) is 5.82 Å². The lowest BCUT2D eigenvalue weighted by Gasteiger charge is -2.07. The predicted octanol–water partition coefficient (Wildman–Crippen LogP) is 1.99. The molecule has 0 spiro atoms. The summed E-state index contributed by atoms with van der Waals surface area (Å²) in [6.45, 7) is 0. The zero-order chi connectivity index (χ0) is 13.3. The van der Waals surface area contributed by atoms with Crippen molar-refractivity contribution in [2.45, 2.75) is 10.1 Å². The van der Waals surface area contributed by atoms with Crippen LogP contribution in [0.5, 0.6) is 0 Å². The third-order valence-corrected chi connectivity index (χ3v) is 3.42. The van der Waals surface area contributed by atoms with Crippen molar-refractivity contribution >= 4 is 23.4 Å². The number of anilines is 1. The molecule has 0 radical (unpaired) electrons. The fourth-order valence-corrected chi connectivity index (χ4v) is 2.23. The van der Waals surface area contributed by atoms with Crippen molar-refractivity contribution in [2.24, 2.45) is 7.05 Å². The Kier molecular flexibility index (Phi) is 3.24. The fourth-order valence-electron chi connectivity index (χ4n) is 1.38. The SMILES string of the molecule is Cn1ccnc1Sc1cc(C(=O)O)c(N)cc1F. The van der Waals surface area contributed by atoms with E-state index < -0.39 is 11.8 Å². The minimum absolute atomic E-state index is 0.0933. The zero-order valence-electron chi connectivity index (χ0n) is 9.42. The van der Waals surface area contributed by atoms with E-state index >= 15 is 0 Å². The number of aryl methyl sites for hydroxylation is 1. The predicted molar refractivity (Wildman–Crippen MR) is 65.1 cm³/mol. The quantitative estimate of drug-likeness (QED) is 0.831. The number of aromatic nitrogens is 2. The summed E-state index contributed by atoms with van der Waals surface area (Å²) in [4.78, 5) is 15.1. The first kappa shape index (κ1) is 12.4. The molecule has 2 rings (SSSR count). The first-order valence-corrected chi connectivity index (χ1v) is 5.78. The minimum atomic E-state index is -1.19. The normalized spacial score (nSPS) is 10.6. The number of carboxylic acid groups (broad SMARTS) is 1. The number of hydrogen-bond donors (Lipinski definition) is 2. The lowest BCUT2D eigenvalue weighted by Crippen LogP contribution is -2.04. The Morgan fingerprint density at radius 3 is 2.83 bits per heavy atom. The maximum Gasteiger partial charge on any atom is 0.337 e. The van der Waals surface area contributed by atoms with E-state index in [0.29, 0.717) is 5.16 Å². The number of nitrogens with two attached hydrogens (primary N) is 1.